The molecular formula is C21H28INO2. The van der Waals surface area contributed by atoms with Crippen LogP contribution < -0.4 is 5.32 Å². The van der Waals surface area contributed by atoms with Crippen molar-refractivity contribution >= 4 is 28.6 Å². The number of carboxylic acids is 1. The Hall–Kier alpha value is -0.880. The largest absolute Gasteiger partial charge is 0.477 e. The Morgan fingerprint density at radius 2 is 1.64 bits per heavy atom. The second-order valence-corrected chi connectivity index (χ2v) is 8.71. The maximum atomic E-state index is 11.9. The normalized spacial score (nSPS) is 22.6. The molecule has 136 valence electrons. The first-order chi connectivity index (χ1) is 12.0. The highest BCUT2D eigenvalue weighted by Crippen LogP contribution is 2.45. The number of hydrogen-bond acceptors (Lipinski definition) is 2. The van der Waals surface area contributed by atoms with Crippen molar-refractivity contribution in [2.75, 3.05) is 0 Å². The summed E-state index contributed by atoms with van der Waals surface area (Å²) in [6.45, 7) is 2.20. The zero-order valence-electron chi connectivity index (χ0n) is 14.9. The summed E-state index contributed by atoms with van der Waals surface area (Å²) in [6.07, 6.45) is 9.50. The molecule has 2 saturated carbocycles. The minimum absolute atomic E-state index is 0.363. The van der Waals surface area contributed by atoms with Crippen molar-refractivity contribution in [3.05, 3.63) is 45.0 Å². The Morgan fingerprint density at radius 1 is 1.08 bits per heavy atom. The van der Waals surface area contributed by atoms with Gasteiger partial charge in [-0.1, -0.05) is 56.0 Å². The SMILES string of the molecule is CC(NC1CCCC1)(/C(=C(/I)C(=O)O)C1CCCC1)c1ccccc1. The van der Waals surface area contributed by atoms with Crippen molar-refractivity contribution in [1.82, 2.24) is 5.32 Å². The van der Waals surface area contributed by atoms with E-state index < -0.39 is 11.5 Å². The predicted molar refractivity (Wildman–Crippen MR) is 110 cm³/mol. The van der Waals surface area contributed by atoms with Gasteiger partial charge in [0.1, 0.15) is 0 Å². The van der Waals surface area contributed by atoms with E-state index in [0.29, 0.717) is 15.5 Å². The van der Waals surface area contributed by atoms with Crippen LogP contribution in [0.4, 0.5) is 0 Å². The predicted octanol–water partition coefficient (Wildman–Crippen LogP) is 5.40. The van der Waals surface area contributed by atoms with E-state index in [-0.39, 0.29) is 0 Å². The van der Waals surface area contributed by atoms with E-state index in [4.69, 9.17) is 0 Å². The van der Waals surface area contributed by atoms with Gasteiger partial charge in [0.15, 0.2) is 0 Å². The second-order valence-electron chi connectivity index (χ2n) is 7.63. The van der Waals surface area contributed by atoms with Gasteiger partial charge in [0.05, 0.1) is 9.12 Å². The molecule has 0 heterocycles. The highest BCUT2D eigenvalue weighted by molar-refractivity contribution is 14.1. The molecule has 0 aliphatic heterocycles. The molecule has 0 saturated heterocycles. The van der Waals surface area contributed by atoms with Gasteiger partial charge >= 0.3 is 5.97 Å². The number of benzene rings is 1. The van der Waals surface area contributed by atoms with Crippen LogP contribution in [0.1, 0.15) is 63.9 Å². The average molecular weight is 453 g/mol. The van der Waals surface area contributed by atoms with Gasteiger partial charge in [-0.2, -0.15) is 0 Å². The number of rotatable bonds is 6. The molecule has 0 bridgehead atoms. The summed E-state index contributed by atoms with van der Waals surface area (Å²) in [5, 5.41) is 13.7. The van der Waals surface area contributed by atoms with Crippen molar-refractivity contribution in [1.29, 1.82) is 0 Å². The fourth-order valence-corrected chi connectivity index (χ4v) is 5.68. The first kappa shape index (κ1) is 18.9. The van der Waals surface area contributed by atoms with Gasteiger partial charge < -0.3 is 10.4 Å². The number of carbonyl (C=O) groups is 1. The monoisotopic (exact) mass is 453 g/mol. The van der Waals surface area contributed by atoms with E-state index in [2.05, 4.69) is 59.1 Å². The highest BCUT2D eigenvalue weighted by atomic mass is 127. The van der Waals surface area contributed by atoms with Gasteiger partial charge in [-0.05, 0) is 72.3 Å². The third-order valence-corrected chi connectivity index (χ3v) is 6.97. The van der Waals surface area contributed by atoms with Gasteiger partial charge in [-0.25, -0.2) is 4.79 Å². The summed E-state index contributed by atoms with van der Waals surface area (Å²) in [5.74, 6) is -0.431. The van der Waals surface area contributed by atoms with Crippen LogP contribution in [0.2, 0.25) is 0 Å². The number of carboxylic acid groups (broad SMARTS) is 1. The number of aliphatic carboxylic acids is 1. The van der Waals surface area contributed by atoms with Crippen LogP contribution in [0.3, 0.4) is 0 Å². The zero-order valence-corrected chi connectivity index (χ0v) is 17.1. The molecule has 0 radical (unpaired) electrons. The first-order valence-electron chi connectivity index (χ1n) is 9.49. The topological polar surface area (TPSA) is 49.3 Å². The van der Waals surface area contributed by atoms with E-state index in [1.807, 2.05) is 6.07 Å². The minimum atomic E-state index is -0.794. The number of halogens is 1. The molecule has 1 aromatic rings. The van der Waals surface area contributed by atoms with Gasteiger partial charge in [-0.3, -0.25) is 0 Å². The Balaban J connectivity index is 2.09. The summed E-state index contributed by atoms with van der Waals surface area (Å²) in [5.41, 5.74) is 1.86. The molecule has 4 heteroatoms. The van der Waals surface area contributed by atoms with Crippen LogP contribution in [-0.2, 0) is 10.3 Å². The van der Waals surface area contributed by atoms with E-state index in [9.17, 15) is 9.90 Å². The summed E-state index contributed by atoms with van der Waals surface area (Å²) < 4.78 is 0.501. The fourth-order valence-electron chi connectivity index (χ4n) is 4.70. The third-order valence-electron chi connectivity index (χ3n) is 5.93. The molecule has 0 aromatic heterocycles. The Kier molecular flexibility index (Phi) is 6.21. The smallest absolute Gasteiger partial charge is 0.341 e. The standard InChI is InChI=1S/C21H28INO2/c1-21(16-11-3-2-4-12-16,23-17-13-7-8-14-17)18(19(22)20(24)25)15-9-5-6-10-15/h2-4,11-12,15,17,23H,5-10,13-14H2,1H3,(H,24,25)/b19-18+. The van der Waals surface area contributed by atoms with Crippen molar-refractivity contribution in [3.63, 3.8) is 0 Å². The molecule has 2 fully saturated rings. The lowest BCUT2D eigenvalue weighted by atomic mass is 9.76. The lowest BCUT2D eigenvalue weighted by Crippen LogP contribution is -2.48. The van der Waals surface area contributed by atoms with Crippen LogP contribution in [0.25, 0.3) is 0 Å². The first-order valence-corrected chi connectivity index (χ1v) is 10.6. The van der Waals surface area contributed by atoms with E-state index in [0.717, 1.165) is 18.4 Å². The molecule has 25 heavy (non-hydrogen) atoms. The van der Waals surface area contributed by atoms with Gasteiger partial charge in [0.2, 0.25) is 0 Å². The molecule has 0 spiro atoms. The van der Waals surface area contributed by atoms with Crippen LogP contribution in [0, 0.1) is 5.92 Å². The Morgan fingerprint density at radius 3 is 2.20 bits per heavy atom. The van der Waals surface area contributed by atoms with Crippen LogP contribution in [0.15, 0.2) is 39.5 Å². The van der Waals surface area contributed by atoms with Crippen LogP contribution in [-0.4, -0.2) is 17.1 Å². The Bertz CT molecular complexity index is 631. The lowest BCUT2D eigenvalue weighted by Gasteiger charge is -2.40. The minimum Gasteiger partial charge on any atom is -0.477 e. The average Bonchev–Trinajstić information content (AvgIpc) is 3.30. The molecule has 0 amide bonds. The molecule has 3 nitrogen and oxygen atoms in total. The second kappa shape index (κ2) is 8.21. The van der Waals surface area contributed by atoms with E-state index in [1.165, 1.54) is 44.1 Å². The van der Waals surface area contributed by atoms with Crippen molar-refractivity contribution < 1.29 is 9.90 Å². The summed E-state index contributed by atoms with van der Waals surface area (Å²) >= 11 is 2.06. The summed E-state index contributed by atoms with van der Waals surface area (Å²) in [6, 6.07) is 10.9. The number of nitrogens with one attached hydrogen (secondary N) is 1. The molecule has 2 aliphatic rings. The third kappa shape index (κ3) is 4.11. The molecule has 1 unspecified atom stereocenters. The van der Waals surface area contributed by atoms with Gasteiger partial charge in [0.25, 0.3) is 0 Å². The number of hydrogen-bond donors (Lipinski definition) is 2. The van der Waals surface area contributed by atoms with Crippen molar-refractivity contribution in [2.24, 2.45) is 5.92 Å². The maximum Gasteiger partial charge on any atom is 0.341 e. The molecule has 2 N–H and O–H groups in total. The molecule has 1 atom stereocenters. The maximum absolute atomic E-state index is 11.9. The molecule has 1 aromatic carbocycles. The van der Waals surface area contributed by atoms with Gasteiger partial charge in [-0.15, -0.1) is 0 Å². The quantitative estimate of drug-likeness (QED) is 0.448. The molecule has 3 rings (SSSR count). The highest BCUT2D eigenvalue weighted by Gasteiger charge is 2.41. The zero-order chi connectivity index (χ0) is 17.9. The van der Waals surface area contributed by atoms with Crippen molar-refractivity contribution in [3.8, 4) is 0 Å². The Labute approximate surface area is 164 Å². The van der Waals surface area contributed by atoms with Crippen LogP contribution >= 0.6 is 22.6 Å². The van der Waals surface area contributed by atoms with Crippen molar-refractivity contribution in [2.45, 2.75) is 69.9 Å². The van der Waals surface area contributed by atoms with E-state index in [1.54, 1.807) is 0 Å². The van der Waals surface area contributed by atoms with Gasteiger partial charge in [0, 0.05) is 6.04 Å². The lowest BCUT2D eigenvalue weighted by molar-refractivity contribution is -0.131. The summed E-state index contributed by atoms with van der Waals surface area (Å²) in [7, 11) is 0. The fraction of sp³-hybridized carbons (Fsp3) is 0.571. The van der Waals surface area contributed by atoms with E-state index >= 15 is 0 Å². The molecular weight excluding hydrogens is 425 g/mol. The van der Waals surface area contributed by atoms with Crippen LogP contribution in [0.5, 0.6) is 0 Å². The molecule has 2 aliphatic carbocycles. The summed E-state index contributed by atoms with van der Waals surface area (Å²) in [4.78, 5) is 11.9.